The summed E-state index contributed by atoms with van der Waals surface area (Å²) in [6.07, 6.45) is 6.39. The summed E-state index contributed by atoms with van der Waals surface area (Å²) < 4.78 is 29.9. The molecule has 3 fully saturated rings. The van der Waals surface area contributed by atoms with Crippen LogP contribution in [0.5, 0.6) is 5.88 Å². The van der Waals surface area contributed by atoms with Crippen LogP contribution in [0.3, 0.4) is 0 Å². The summed E-state index contributed by atoms with van der Waals surface area (Å²) in [5.41, 5.74) is 3.45. The van der Waals surface area contributed by atoms with E-state index in [-0.39, 0.29) is 37.8 Å². The van der Waals surface area contributed by atoms with Gasteiger partial charge in [-0.2, -0.15) is 4.98 Å². The number of alkyl halides is 2. The number of halogens is 3. The molecular weight excluding hydrogens is 520 g/mol. The van der Waals surface area contributed by atoms with E-state index in [0.29, 0.717) is 16.8 Å². The minimum atomic E-state index is -2.67. The van der Waals surface area contributed by atoms with Gasteiger partial charge in [-0.25, -0.2) is 18.4 Å². The highest BCUT2D eigenvalue weighted by Gasteiger charge is 2.44. The monoisotopic (exact) mass is 545 g/mol. The number of benzene rings is 1. The fraction of sp³-hybridized carbons (Fsp3) is 0.500. The second-order valence-electron chi connectivity index (χ2n) is 9.92. The number of rotatable bonds is 4. The van der Waals surface area contributed by atoms with Crippen molar-refractivity contribution in [1.82, 2.24) is 25.0 Å². The van der Waals surface area contributed by atoms with Gasteiger partial charge in [-0.05, 0) is 49.3 Å². The topological polar surface area (TPSA) is 83.2 Å². The van der Waals surface area contributed by atoms with Crippen LogP contribution < -0.4 is 9.80 Å². The maximum atomic E-state index is 13.6. The Bertz CT molecular complexity index is 1240. The third kappa shape index (κ3) is 4.57. The summed E-state index contributed by atoms with van der Waals surface area (Å²) in [4.78, 5) is 12.6. The first-order valence-electron chi connectivity index (χ1n) is 12.0. The molecule has 35 heavy (non-hydrogen) atoms. The molecule has 4 heterocycles. The van der Waals surface area contributed by atoms with Crippen LogP contribution in [0.1, 0.15) is 38.5 Å². The van der Waals surface area contributed by atoms with Crippen molar-refractivity contribution in [3.63, 3.8) is 0 Å². The van der Waals surface area contributed by atoms with E-state index in [1.54, 1.807) is 15.8 Å². The minimum Gasteiger partial charge on any atom is -0.493 e. The zero-order valence-corrected chi connectivity index (χ0v) is 20.8. The van der Waals surface area contributed by atoms with Gasteiger partial charge in [0.2, 0.25) is 11.8 Å². The first-order valence-corrected chi connectivity index (χ1v) is 12.8. The van der Waals surface area contributed by atoms with Gasteiger partial charge in [0.05, 0.1) is 17.6 Å². The lowest BCUT2D eigenvalue weighted by atomic mass is 9.93. The number of anilines is 2. The normalized spacial score (nSPS) is 20.9. The minimum absolute atomic E-state index is 0.127. The van der Waals surface area contributed by atoms with Gasteiger partial charge in [0.25, 0.3) is 5.92 Å². The van der Waals surface area contributed by atoms with Crippen LogP contribution in [0.15, 0.2) is 34.9 Å². The molecule has 2 aliphatic heterocycles. The van der Waals surface area contributed by atoms with Crippen molar-refractivity contribution < 1.29 is 13.9 Å². The molecule has 1 spiro atoms. The van der Waals surface area contributed by atoms with E-state index in [9.17, 15) is 13.9 Å². The summed E-state index contributed by atoms with van der Waals surface area (Å²) >= 11 is 3.60. The highest BCUT2D eigenvalue weighted by Crippen LogP contribution is 2.54. The van der Waals surface area contributed by atoms with E-state index in [0.717, 1.165) is 28.9 Å². The molecule has 1 aliphatic carbocycles. The molecule has 0 radical (unpaired) electrons. The highest BCUT2D eigenvalue weighted by atomic mass is 79.9. The van der Waals surface area contributed by atoms with Crippen molar-refractivity contribution in [1.29, 1.82) is 0 Å². The second kappa shape index (κ2) is 8.39. The molecule has 1 aromatic carbocycles. The SMILES string of the molecule is Oc1cc(-c2cn(-c3ccc(Br)cc3N3CCC4(CC3)CC4)nn2)nc(N2CCC(F)(F)CC2)n1. The predicted octanol–water partition coefficient (Wildman–Crippen LogP) is 4.81. The van der Waals surface area contributed by atoms with Crippen molar-refractivity contribution in [2.45, 2.75) is 44.4 Å². The Balaban J connectivity index is 1.28. The first kappa shape index (κ1) is 22.6. The Labute approximate surface area is 210 Å². The third-order valence-electron chi connectivity index (χ3n) is 7.54. The molecule has 8 nitrogen and oxygen atoms in total. The molecule has 2 saturated heterocycles. The molecule has 1 N–H and O–H groups in total. The molecular formula is C24H26BrF2N7O. The molecule has 6 rings (SSSR count). The fourth-order valence-electron chi connectivity index (χ4n) is 5.07. The van der Waals surface area contributed by atoms with Gasteiger partial charge >= 0.3 is 0 Å². The van der Waals surface area contributed by atoms with Gasteiger partial charge in [-0.3, -0.25) is 0 Å². The highest BCUT2D eigenvalue weighted by molar-refractivity contribution is 9.10. The van der Waals surface area contributed by atoms with Gasteiger partial charge in [0.1, 0.15) is 11.4 Å². The molecule has 3 aromatic rings. The fourth-order valence-corrected chi connectivity index (χ4v) is 5.42. The molecule has 184 valence electrons. The van der Waals surface area contributed by atoms with Crippen molar-refractivity contribution in [2.75, 3.05) is 36.0 Å². The van der Waals surface area contributed by atoms with Gasteiger partial charge in [0, 0.05) is 49.6 Å². The second-order valence-corrected chi connectivity index (χ2v) is 10.8. The molecule has 3 aliphatic rings. The van der Waals surface area contributed by atoms with E-state index in [1.165, 1.54) is 31.7 Å². The zero-order chi connectivity index (χ0) is 24.2. The van der Waals surface area contributed by atoms with Gasteiger partial charge < -0.3 is 14.9 Å². The average molecular weight is 546 g/mol. The largest absolute Gasteiger partial charge is 0.493 e. The molecule has 0 atom stereocenters. The van der Waals surface area contributed by atoms with E-state index >= 15 is 0 Å². The Hall–Kier alpha value is -2.82. The summed E-state index contributed by atoms with van der Waals surface area (Å²) in [5, 5.41) is 18.9. The smallest absolute Gasteiger partial charge is 0.251 e. The number of hydrogen-bond acceptors (Lipinski definition) is 7. The van der Waals surface area contributed by atoms with Crippen molar-refractivity contribution >= 4 is 27.6 Å². The molecule has 11 heteroatoms. The van der Waals surface area contributed by atoms with Crippen LogP contribution in [0.2, 0.25) is 0 Å². The van der Waals surface area contributed by atoms with Gasteiger partial charge in [-0.15, -0.1) is 5.10 Å². The number of piperidine rings is 2. The Morgan fingerprint density at radius 1 is 0.829 bits per heavy atom. The van der Waals surface area contributed by atoms with Crippen LogP contribution >= 0.6 is 15.9 Å². The van der Waals surface area contributed by atoms with E-state index in [2.05, 4.69) is 47.2 Å². The van der Waals surface area contributed by atoms with E-state index in [1.807, 2.05) is 12.1 Å². The number of nitrogens with zero attached hydrogens (tertiary/aromatic N) is 7. The first-order chi connectivity index (χ1) is 16.8. The maximum absolute atomic E-state index is 13.6. The Morgan fingerprint density at radius 2 is 1.54 bits per heavy atom. The molecule has 0 bridgehead atoms. The summed E-state index contributed by atoms with van der Waals surface area (Å²) in [6, 6.07) is 7.52. The molecule has 0 unspecified atom stereocenters. The Kier molecular flexibility index (Phi) is 5.43. The molecule has 2 aromatic heterocycles. The summed E-state index contributed by atoms with van der Waals surface area (Å²) in [6.45, 7) is 2.29. The predicted molar refractivity (Wildman–Crippen MR) is 131 cm³/mol. The lowest BCUT2D eigenvalue weighted by Gasteiger charge is -2.35. The summed E-state index contributed by atoms with van der Waals surface area (Å²) in [7, 11) is 0. The van der Waals surface area contributed by atoms with Crippen LogP contribution in [0, 0.1) is 5.41 Å². The van der Waals surface area contributed by atoms with Crippen molar-refractivity contribution in [3.8, 4) is 23.0 Å². The quantitative estimate of drug-likeness (QED) is 0.503. The van der Waals surface area contributed by atoms with Crippen LogP contribution in [-0.2, 0) is 0 Å². The van der Waals surface area contributed by atoms with Crippen molar-refractivity contribution in [3.05, 3.63) is 34.9 Å². The van der Waals surface area contributed by atoms with Crippen molar-refractivity contribution in [2.24, 2.45) is 5.41 Å². The maximum Gasteiger partial charge on any atom is 0.251 e. The van der Waals surface area contributed by atoms with Crippen LogP contribution in [-0.4, -0.2) is 62.2 Å². The standard InChI is InChI=1S/C24H26BrF2N7O/c25-16-1-2-19(20(13-16)32-9-5-23(3-4-23)6-10-32)34-15-18(30-31-34)17-14-21(35)29-22(28-17)33-11-7-24(26,27)8-12-33/h1-2,13-15H,3-12H2,(H,28,29,35). The Morgan fingerprint density at radius 3 is 2.26 bits per heavy atom. The van der Waals surface area contributed by atoms with Crippen LogP contribution in [0.4, 0.5) is 20.4 Å². The zero-order valence-electron chi connectivity index (χ0n) is 19.2. The lowest BCUT2D eigenvalue weighted by Crippen LogP contribution is -2.40. The van der Waals surface area contributed by atoms with Gasteiger partial charge in [-0.1, -0.05) is 21.1 Å². The lowest BCUT2D eigenvalue weighted by molar-refractivity contribution is -0.0222. The molecule has 0 amide bonds. The number of hydrogen-bond donors (Lipinski definition) is 1. The molecule has 1 saturated carbocycles. The van der Waals surface area contributed by atoms with E-state index < -0.39 is 5.92 Å². The van der Waals surface area contributed by atoms with Gasteiger partial charge in [0.15, 0.2) is 0 Å². The van der Waals surface area contributed by atoms with Crippen LogP contribution in [0.25, 0.3) is 17.1 Å². The average Bonchev–Trinajstić information content (AvgIpc) is 3.39. The third-order valence-corrected chi connectivity index (χ3v) is 8.03. The number of aromatic hydroxyl groups is 1. The summed E-state index contributed by atoms with van der Waals surface area (Å²) in [5.74, 6) is -2.69. The van der Waals surface area contributed by atoms with E-state index in [4.69, 9.17) is 0 Å². The number of aromatic nitrogens is 5.